The SMILES string of the molecule is CCC(C)(N)c1nc(-c2cncc(F)c2)cs1. The maximum absolute atomic E-state index is 13.0. The molecule has 0 radical (unpaired) electrons. The molecule has 2 N–H and O–H groups in total. The summed E-state index contributed by atoms with van der Waals surface area (Å²) in [4.78, 5) is 8.26. The van der Waals surface area contributed by atoms with Gasteiger partial charge >= 0.3 is 0 Å². The summed E-state index contributed by atoms with van der Waals surface area (Å²) >= 11 is 1.50. The van der Waals surface area contributed by atoms with Gasteiger partial charge in [-0.1, -0.05) is 6.92 Å². The highest BCUT2D eigenvalue weighted by Gasteiger charge is 2.22. The van der Waals surface area contributed by atoms with Gasteiger partial charge in [0, 0.05) is 17.1 Å². The molecule has 3 nitrogen and oxygen atoms in total. The van der Waals surface area contributed by atoms with E-state index in [1.54, 1.807) is 6.20 Å². The molecular weight excluding hydrogens is 237 g/mol. The standard InChI is InChI=1S/C12H14FN3S/c1-3-12(2,14)11-16-10(7-17-11)8-4-9(13)6-15-5-8/h4-7H,3,14H2,1-2H3. The van der Waals surface area contributed by atoms with Crippen LogP contribution in [0.3, 0.4) is 0 Å². The number of pyridine rings is 1. The molecule has 1 unspecified atom stereocenters. The Bertz CT molecular complexity index is 522. The lowest BCUT2D eigenvalue weighted by Gasteiger charge is -2.18. The normalized spacial score (nSPS) is 14.6. The summed E-state index contributed by atoms with van der Waals surface area (Å²) in [5.74, 6) is -0.358. The Hall–Kier alpha value is -1.33. The summed E-state index contributed by atoms with van der Waals surface area (Å²) in [5.41, 5.74) is 7.09. The molecule has 2 rings (SSSR count). The molecule has 0 bridgehead atoms. The second kappa shape index (κ2) is 4.50. The predicted molar refractivity (Wildman–Crippen MR) is 67.1 cm³/mol. The van der Waals surface area contributed by atoms with E-state index < -0.39 is 5.54 Å². The first-order chi connectivity index (χ1) is 8.03. The molecule has 2 aromatic rings. The molecule has 5 heteroatoms. The molecule has 17 heavy (non-hydrogen) atoms. The number of nitrogens with zero attached hydrogens (tertiary/aromatic N) is 2. The van der Waals surface area contributed by atoms with Crippen molar-refractivity contribution in [3.8, 4) is 11.3 Å². The molecule has 0 aliphatic heterocycles. The third-order valence-corrected chi connectivity index (χ3v) is 3.85. The molecule has 1 atom stereocenters. The Balaban J connectivity index is 2.36. The molecule has 0 aromatic carbocycles. The second-order valence-corrected chi connectivity index (χ2v) is 5.06. The summed E-state index contributed by atoms with van der Waals surface area (Å²) in [5, 5.41) is 2.74. The maximum Gasteiger partial charge on any atom is 0.142 e. The smallest absolute Gasteiger partial charge is 0.142 e. The zero-order valence-electron chi connectivity index (χ0n) is 9.77. The number of hydrogen-bond donors (Lipinski definition) is 1. The third kappa shape index (κ3) is 2.50. The maximum atomic E-state index is 13.0. The minimum Gasteiger partial charge on any atom is -0.320 e. The first kappa shape index (κ1) is 12.1. The highest BCUT2D eigenvalue weighted by molar-refractivity contribution is 7.10. The van der Waals surface area contributed by atoms with Gasteiger partial charge in [0.2, 0.25) is 0 Å². The molecule has 0 spiro atoms. The molecule has 0 aliphatic rings. The summed E-state index contributed by atoms with van der Waals surface area (Å²) in [6.45, 7) is 3.96. The second-order valence-electron chi connectivity index (χ2n) is 4.20. The lowest BCUT2D eigenvalue weighted by atomic mass is 10.0. The van der Waals surface area contributed by atoms with Crippen molar-refractivity contribution in [2.24, 2.45) is 5.73 Å². The van der Waals surface area contributed by atoms with Gasteiger partial charge < -0.3 is 5.73 Å². The molecule has 0 amide bonds. The van der Waals surface area contributed by atoms with Crippen molar-refractivity contribution in [2.75, 3.05) is 0 Å². The molecule has 0 fully saturated rings. The first-order valence-corrected chi connectivity index (χ1v) is 6.26. The van der Waals surface area contributed by atoms with E-state index >= 15 is 0 Å². The minimum atomic E-state index is -0.427. The fourth-order valence-electron chi connectivity index (χ4n) is 1.37. The van der Waals surface area contributed by atoms with Crippen molar-refractivity contribution in [3.63, 3.8) is 0 Å². The first-order valence-electron chi connectivity index (χ1n) is 5.39. The van der Waals surface area contributed by atoms with E-state index in [0.29, 0.717) is 5.56 Å². The number of halogens is 1. The molecule has 2 aromatic heterocycles. The lowest BCUT2D eigenvalue weighted by Crippen LogP contribution is -2.31. The van der Waals surface area contributed by atoms with Gasteiger partial charge in [-0.25, -0.2) is 9.37 Å². The van der Waals surface area contributed by atoms with Gasteiger partial charge in [-0.3, -0.25) is 4.98 Å². The van der Waals surface area contributed by atoms with Gasteiger partial charge in [0.1, 0.15) is 10.8 Å². The van der Waals surface area contributed by atoms with Crippen LogP contribution >= 0.6 is 11.3 Å². The topological polar surface area (TPSA) is 51.8 Å². The monoisotopic (exact) mass is 251 g/mol. The number of aromatic nitrogens is 2. The molecule has 0 aliphatic carbocycles. The van der Waals surface area contributed by atoms with Crippen molar-refractivity contribution < 1.29 is 4.39 Å². The van der Waals surface area contributed by atoms with E-state index in [9.17, 15) is 4.39 Å². The molecule has 2 heterocycles. The van der Waals surface area contributed by atoms with Gasteiger partial charge in [-0.2, -0.15) is 0 Å². The van der Waals surface area contributed by atoms with Gasteiger partial charge in [-0.05, 0) is 19.4 Å². The fraction of sp³-hybridized carbons (Fsp3) is 0.333. The van der Waals surface area contributed by atoms with Crippen LogP contribution in [-0.2, 0) is 5.54 Å². The van der Waals surface area contributed by atoms with Crippen molar-refractivity contribution >= 4 is 11.3 Å². The highest BCUT2D eigenvalue weighted by Crippen LogP contribution is 2.29. The van der Waals surface area contributed by atoms with Crippen LogP contribution in [0.4, 0.5) is 4.39 Å². The lowest BCUT2D eigenvalue weighted by molar-refractivity contribution is 0.474. The quantitative estimate of drug-likeness (QED) is 0.912. The fourth-order valence-corrected chi connectivity index (χ4v) is 2.35. The number of nitrogens with two attached hydrogens (primary N) is 1. The van der Waals surface area contributed by atoms with Crippen molar-refractivity contribution in [2.45, 2.75) is 25.8 Å². The van der Waals surface area contributed by atoms with Gasteiger partial charge in [0.25, 0.3) is 0 Å². The summed E-state index contributed by atoms with van der Waals surface area (Å²) in [7, 11) is 0. The summed E-state index contributed by atoms with van der Waals surface area (Å²) < 4.78 is 13.0. The van der Waals surface area contributed by atoms with Crippen LogP contribution in [0.25, 0.3) is 11.3 Å². The Morgan fingerprint density at radius 2 is 2.24 bits per heavy atom. The average Bonchev–Trinajstić information content (AvgIpc) is 2.79. The Kier molecular flexibility index (Phi) is 3.22. The van der Waals surface area contributed by atoms with E-state index in [2.05, 4.69) is 9.97 Å². The van der Waals surface area contributed by atoms with E-state index in [1.807, 2.05) is 19.2 Å². The number of rotatable bonds is 3. The summed E-state index contributed by atoms with van der Waals surface area (Å²) in [6.07, 6.45) is 3.58. The number of thiazole rings is 1. The van der Waals surface area contributed by atoms with Crippen LogP contribution in [0, 0.1) is 5.82 Å². The van der Waals surface area contributed by atoms with Crippen molar-refractivity contribution in [1.82, 2.24) is 9.97 Å². The number of hydrogen-bond acceptors (Lipinski definition) is 4. The molecule has 0 saturated carbocycles. The average molecular weight is 251 g/mol. The van der Waals surface area contributed by atoms with E-state index in [4.69, 9.17) is 5.73 Å². The highest BCUT2D eigenvalue weighted by atomic mass is 32.1. The predicted octanol–water partition coefficient (Wildman–Crippen LogP) is 2.93. The van der Waals surface area contributed by atoms with Crippen molar-refractivity contribution in [1.29, 1.82) is 0 Å². The molecular formula is C12H14FN3S. The van der Waals surface area contributed by atoms with Crippen LogP contribution in [-0.4, -0.2) is 9.97 Å². The minimum absolute atomic E-state index is 0.358. The van der Waals surface area contributed by atoms with Crippen molar-refractivity contribution in [3.05, 3.63) is 34.7 Å². The van der Waals surface area contributed by atoms with Crippen LogP contribution < -0.4 is 5.73 Å². The summed E-state index contributed by atoms with van der Waals surface area (Å²) in [6, 6.07) is 1.42. The third-order valence-electron chi connectivity index (χ3n) is 2.73. The Labute approximate surface area is 104 Å². The van der Waals surface area contributed by atoms with Crippen LogP contribution in [0.2, 0.25) is 0 Å². The van der Waals surface area contributed by atoms with Crippen LogP contribution in [0.1, 0.15) is 25.3 Å². The molecule has 0 saturated heterocycles. The van der Waals surface area contributed by atoms with Gasteiger partial charge in [0.15, 0.2) is 0 Å². The van der Waals surface area contributed by atoms with Crippen LogP contribution in [0.5, 0.6) is 0 Å². The zero-order valence-corrected chi connectivity index (χ0v) is 10.6. The van der Waals surface area contributed by atoms with E-state index in [1.165, 1.54) is 23.6 Å². The largest absolute Gasteiger partial charge is 0.320 e. The Morgan fingerprint density at radius 3 is 2.88 bits per heavy atom. The molecule has 90 valence electrons. The van der Waals surface area contributed by atoms with Gasteiger partial charge in [-0.15, -0.1) is 11.3 Å². The van der Waals surface area contributed by atoms with E-state index in [0.717, 1.165) is 17.1 Å². The zero-order chi connectivity index (χ0) is 12.5. The Morgan fingerprint density at radius 1 is 1.47 bits per heavy atom. The van der Waals surface area contributed by atoms with Gasteiger partial charge in [0.05, 0.1) is 17.4 Å². The van der Waals surface area contributed by atoms with Crippen LogP contribution in [0.15, 0.2) is 23.8 Å². The van der Waals surface area contributed by atoms with E-state index in [-0.39, 0.29) is 5.82 Å².